The topological polar surface area (TPSA) is 100 Å². The first-order valence-electron chi connectivity index (χ1n) is 7.74. The Bertz CT molecular complexity index is 651. The Morgan fingerprint density at radius 1 is 1.30 bits per heavy atom. The van der Waals surface area contributed by atoms with Gasteiger partial charge in [-0.25, -0.2) is 4.79 Å². The largest absolute Gasteiger partial charge is 0.326 e. The monoisotopic (exact) mass is 320 g/mol. The maximum atomic E-state index is 12.0. The summed E-state index contributed by atoms with van der Waals surface area (Å²) in [6.07, 6.45) is 2.80. The highest BCUT2D eigenvalue weighted by molar-refractivity contribution is 6.01. The first-order chi connectivity index (χ1) is 11.0. The highest BCUT2D eigenvalue weighted by atomic mass is 16.2. The average Bonchev–Trinajstić information content (AvgIpc) is 3.22. The lowest BCUT2D eigenvalue weighted by Gasteiger charge is -2.13. The molecule has 1 N–H and O–H groups in total. The van der Waals surface area contributed by atoms with Crippen LogP contribution in [0.4, 0.5) is 10.7 Å². The molecule has 1 aromatic rings. The van der Waals surface area contributed by atoms with Gasteiger partial charge < -0.3 is 4.90 Å². The Morgan fingerprint density at radius 2 is 2.04 bits per heavy atom. The Kier molecular flexibility index (Phi) is 4.01. The van der Waals surface area contributed by atoms with Crippen LogP contribution in [0, 0.1) is 6.92 Å². The molecule has 23 heavy (non-hydrogen) atoms. The maximum Gasteiger partial charge on any atom is 0.326 e. The summed E-state index contributed by atoms with van der Waals surface area (Å²) in [6.45, 7) is 2.22. The van der Waals surface area contributed by atoms with E-state index in [4.69, 9.17) is 0 Å². The van der Waals surface area contributed by atoms with Gasteiger partial charge in [-0.2, -0.15) is 0 Å². The van der Waals surface area contributed by atoms with Crippen LogP contribution in [0.3, 0.4) is 0 Å². The van der Waals surface area contributed by atoms with Crippen LogP contribution in [0.25, 0.3) is 0 Å². The van der Waals surface area contributed by atoms with Crippen molar-refractivity contribution in [2.75, 3.05) is 25.5 Å². The van der Waals surface area contributed by atoms with Crippen LogP contribution in [0.5, 0.6) is 0 Å². The molecule has 2 aliphatic rings. The van der Waals surface area contributed by atoms with E-state index in [0.29, 0.717) is 18.4 Å². The van der Waals surface area contributed by atoms with Crippen LogP contribution < -0.4 is 5.32 Å². The van der Waals surface area contributed by atoms with Gasteiger partial charge in [0.15, 0.2) is 0 Å². The number of rotatable bonds is 6. The Morgan fingerprint density at radius 3 is 2.65 bits per heavy atom. The number of carbonyl (C=O) groups excluding carboxylic acids is 3. The first-order valence-corrected chi connectivity index (χ1v) is 7.74. The normalized spacial score (nSPS) is 18.0. The molecule has 0 spiro atoms. The first kappa shape index (κ1) is 15.4. The number of amides is 4. The number of hydrogen-bond acceptors (Lipinski definition) is 5. The smallest absolute Gasteiger partial charge is 0.318 e. The molecule has 9 heteroatoms. The molecule has 1 aliphatic carbocycles. The van der Waals surface area contributed by atoms with E-state index in [1.807, 2.05) is 11.5 Å². The molecular weight excluding hydrogens is 300 g/mol. The predicted molar refractivity (Wildman–Crippen MR) is 80.6 cm³/mol. The van der Waals surface area contributed by atoms with E-state index >= 15 is 0 Å². The third-order valence-corrected chi connectivity index (χ3v) is 4.05. The third-order valence-electron chi connectivity index (χ3n) is 4.05. The molecule has 124 valence electrons. The van der Waals surface area contributed by atoms with Crippen LogP contribution in [0.2, 0.25) is 0 Å². The second-order valence-electron chi connectivity index (χ2n) is 6.01. The van der Waals surface area contributed by atoms with Gasteiger partial charge in [0, 0.05) is 26.1 Å². The predicted octanol–water partition coefficient (Wildman–Crippen LogP) is 0.534. The van der Waals surface area contributed by atoms with E-state index in [1.165, 1.54) is 9.80 Å². The van der Waals surface area contributed by atoms with Crippen molar-refractivity contribution < 1.29 is 14.4 Å². The number of hydrogen-bond donors (Lipinski definition) is 1. The number of nitrogens with zero attached hydrogens (tertiary/aromatic N) is 5. The lowest BCUT2D eigenvalue weighted by molar-refractivity contribution is -0.125. The summed E-state index contributed by atoms with van der Waals surface area (Å²) < 4.78 is 1.94. The molecule has 2 fully saturated rings. The van der Waals surface area contributed by atoms with Crippen molar-refractivity contribution in [3.05, 3.63) is 5.82 Å². The fraction of sp³-hybridized carbons (Fsp3) is 0.643. The molecule has 1 saturated carbocycles. The van der Waals surface area contributed by atoms with Gasteiger partial charge in [0.2, 0.25) is 17.8 Å². The van der Waals surface area contributed by atoms with E-state index in [1.54, 1.807) is 7.05 Å². The third kappa shape index (κ3) is 3.17. The zero-order chi connectivity index (χ0) is 16.6. The summed E-state index contributed by atoms with van der Waals surface area (Å²) in [4.78, 5) is 37.9. The number of urea groups is 1. The molecule has 0 bridgehead atoms. The molecule has 0 unspecified atom stereocenters. The van der Waals surface area contributed by atoms with Gasteiger partial charge in [-0.3, -0.25) is 24.4 Å². The minimum atomic E-state index is -0.306. The van der Waals surface area contributed by atoms with Crippen molar-refractivity contribution >= 4 is 23.8 Å². The zero-order valence-electron chi connectivity index (χ0n) is 13.3. The van der Waals surface area contributed by atoms with Crippen molar-refractivity contribution in [3.63, 3.8) is 0 Å². The van der Waals surface area contributed by atoms with Gasteiger partial charge >= 0.3 is 6.03 Å². The number of aryl methyl sites for hydroxylation is 1. The number of nitrogens with one attached hydrogen (secondary N) is 1. The number of likely N-dealkylation sites (N-methyl/N-ethyl adjacent to an activating group) is 1. The maximum absolute atomic E-state index is 12.0. The highest BCUT2D eigenvalue weighted by Gasteiger charge is 2.33. The second-order valence-corrected chi connectivity index (χ2v) is 6.01. The average molecular weight is 320 g/mol. The van der Waals surface area contributed by atoms with Crippen LogP contribution >= 0.6 is 0 Å². The van der Waals surface area contributed by atoms with Crippen molar-refractivity contribution in [2.24, 2.45) is 0 Å². The number of imide groups is 1. The number of anilines is 1. The molecule has 4 amide bonds. The molecule has 0 aromatic carbocycles. The Balaban J connectivity index is 1.49. The minimum Gasteiger partial charge on any atom is -0.318 e. The molecule has 0 atom stereocenters. The van der Waals surface area contributed by atoms with Crippen molar-refractivity contribution in [2.45, 2.75) is 38.6 Å². The second kappa shape index (κ2) is 5.98. The van der Waals surface area contributed by atoms with Crippen molar-refractivity contribution in [1.82, 2.24) is 24.6 Å². The standard InChI is InChI=1S/C14H20N6O3/c1-9-16-17-13(20(9)10-5-6-10)15-11(21)4-3-7-19-12(22)8-18(2)14(19)23/h10H,3-8H2,1-2H3,(H,15,17,21). The van der Waals surface area contributed by atoms with E-state index in [0.717, 1.165) is 18.7 Å². The quantitative estimate of drug-likeness (QED) is 0.771. The van der Waals surface area contributed by atoms with Gasteiger partial charge in [0.25, 0.3) is 0 Å². The van der Waals surface area contributed by atoms with E-state index in [2.05, 4.69) is 15.5 Å². The summed E-state index contributed by atoms with van der Waals surface area (Å²) in [5.41, 5.74) is 0. The lowest BCUT2D eigenvalue weighted by Crippen LogP contribution is -2.33. The van der Waals surface area contributed by atoms with Gasteiger partial charge in [-0.15, -0.1) is 10.2 Å². The zero-order valence-corrected chi connectivity index (χ0v) is 13.3. The van der Waals surface area contributed by atoms with Crippen LogP contribution in [0.1, 0.15) is 37.5 Å². The van der Waals surface area contributed by atoms with E-state index in [-0.39, 0.29) is 37.4 Å². The van der Waals surface area contributed by atoms with Crippen molar-refractivity contribution in [3.8, 4) is 0 Å². The van der Waals surface area contributed by atoms with Crippen LogP contribution in [-0.4, -0.2) is 62.5 Å². The SMILES string of the molecule is Cc1nnc(NC(=O)CCCN2C(=O)CN(C)C2=O)n1C1CC1. The van der Waals surface area contributed by atoms with Gasteiger partial charge in [0.05, 0.1) is 0 Å². The molecule has 2 heterocycles. The fourth-order valence-corrected chi connectivity index (χ4v) is 2.70. The van der Waals surface area contributed by atoms with Gasteiger partial charge in [-0.05, 0) is 26.2 Å². The summed E-state index contributed by atoms with van der Waals surface area (Å²) in [6, 6.07) is 0.0789. The van der Waals surface area contributed by atoms with Crippen LogP contribution in [0.15, 0.2) is 0 Å². The minimum absolute atomic E-state index is 0.106. The van der Waals surface area contributed by atoms with E-state index < -0.39 is 0 Å². The summed E-state index contributed by atoms with van der Waals surface area (Å²) in [5.74, 6) is 0.857. The molecular formula is C14H20N6O3. The highest BCUT2D eigenvalue weighted by Crippen LogP contribution is 2.37. The van der Waals surface area contributed by atoms with Gasteiger partial charge in [-0.1, -0.05) is 0 Å². The molecule has 1 aliphatic heterocycles. The Hall–Kier alpha value is -2.45. The lowest BCUT2D eigenvalue weighted by atomic mass is 10.3. The fourth-order valence-electron chi connectivity index (χ4n) is 2.70. The molecule has 9 nitrogen and oxygen atoms in total. The Labute approximate surface area is 133 Å². The van der Waals surface area contributed by atoms with E-state index in [9.17, 15) is 14.4 Å². The molecule has 3 rings (SSSR count). The summed E-state index contributed by atoms with van der Waals surface area (Å²) >= 11 is 0. The number of aromatic nitrogens is 3. The number of carbonyl (C=O) groups is 3. The molecule has 1 aromatic heterocycles. The molecule has 0 radical (unpaired) electrons. The van der Waals surface area contributed by atoms with Crippen molar-refractivity contribution in [1.29, 1.82) is 0 Å². The molecule has 1 saturated heterocycles. The van der Waals surface area contributed by atoms with Gasteiger partial charge in [0.1, 0.15) is 12.4 Å². The van der Waals surface area contributed by atoms with Crippen LogP contribution in [-0.2, 0) is 9.59 Å². The summed E-state index contributed by atoms with van der Waals surface area (Å²) in [7, 11) is 1.58. The summed E-state index contributed by atoms with van der Waals surface area (Å²) in [5, 5.41) is 10.8.